The van der Waals surface area contributed by atoms with E-state index in [-0.39, 0.29) is 6.61 Å². The summed E-state index contributed by atoms with van der Waals surface area (Å²) in [7, 11) is 0. The SMILES string of the molecule is CC(C)(NC(=O)COc1ccc(CN)cc1)C(N)=O. The summed E-state index contributed by atoms with van der Waals surface area (Å²) >= 11 is 0. The highest BCUT2D eigenvalue weighted by Crippen LogP contribution is 2.11. The minimum absolute atomic E-state index is 0.182. The van der Waals surface area contributed by atoms with Crippen LogP contribution in [0, 0.1) is 0 Å². The maximum Gasteiger partial charge on any atom is 0.258 e. The molecule has 1 aromatic carbocycles. The van der Waals surface area contributed by atoms with E-state index in [2.05, 4.69) is 5.32 Å². The Labute approximate surface area is 112 Å². The van der Waals surface area contributed by atoms with Gasteiger partial charge in [-0.25, -0.2) is 0 Å². The molecule has 0 radical (unpaired) electrons. The number of hydrogen-bond donors (Lipinski definition) is 3. The molecule has 0 saturated carbocycles. The fraction of sp³-hybridized carbons (Fsp3) is 0.385. The average molecular weight is 265 g/mol. The van der Waals surface area contributed by atoms with Crippen molar-refractivity contribution in [2.45, 2.75) is 25.9 Å². The van der Waals surface area contributed by atoms with Crippen molar-refractivity contribution in [2.24, 2.45) is 11.5 Å². The summed E-state index contributed by atoms with van der Waals surface area (Å²) in [5.74, 6) is -0.455. The molecule has 0 aliphatic heterocycles. The molecule has 19 heavy (non-hydrogen) atoms. The number of ether oxygens (including phenoxy) is 1. The van der Waals surface area contributed by atoms with Crippen molar-refractivity contribution in [3.63, 3.8) is 0 Å². The zero-order valence-electron chi connectivity index (χ0n) is 11.1. The van der Waals surface area contributed by atoms with E-state index in [1.54, 1.807) is 12.1 Å². The van der Waals surface area contributed by atoms with Gasteiger partial charge in [0, 0.05) is 6.54 Å². The molecule has 0 atom stereocenters. The van der Waals surface area contributed by atoms with Crippen LogP contribution in [-0.2, 0) is 16.1 Å². The number of benzene rings is 1. The minimum atomic E-state index is -1.09. The first kappa shape index (κ1) is 15.0. The molecule has 0 unspecified atom stereocenters. The minimum Gasteiger partial charge on any atom is -0.484 e. The van der Waals surface area contributed by atoms with Gasteiger partial charge in [0.15, 0.2) is 6.61 Å². The Kier molecular flexibility index (Phi) is 4.88. The standard InChI is InChI=1S/C13H19N3O3/c1-13(2,12(15)18)16-11(17)8-19-10-5-3-9(7-14)4-6-10/h3-6H,7-8,14H2,1-2H3,(H2,15,18)(H,16,17). The number of carbonyl (C=O) groups is 2. The van der Waals surface area contributed by atoms with E-state index < -0.39 is 17.4 Å². The lowest BCUT2D eigenvalue weighted by molar-refractivity contribution is -0.131. The molecule has 6 nitrogen and oxygen atoms in total. The topological polar surface area (TPSA) is 107 Å². The number of carbonyl (C=O) groups excluding carboxylic acids is 2. The van der Waals surface area contributed by atoms with Crippen molar-refractivity contribution >= 4 is 11.8 Å². The third-order valence-corrected chi connectivity index (χ3v) is 2.60. The highest BCUT2D eigenvalue weighted by molar-refractivity contribution is 5.90. The Morgan fingerprint density at radius 3 is 2.32 bits per heavy atom. The molecule has 0 spiro atoms. The molecule has 5 N–H and O–H groups in total. The van der Waals surface area contributed by atoms with E-state index in [9.17, 15) is 9.59 Å². The molecule has 0 bridgehead atoms. The molecular weight excluding hydrogens is 246 g/mol. The smallest absolute Gasteiger partial charge is 0.258 e. The highest BCUT2D eigenvalue weighted by Gasteiger charge is 2.26. The summed E-state index contributed by atoms with van der Waals surface area (Å²) in [6.45, 7) is 3.33. The van der Waals surface area contributed by atoms with E-state index >= 15 is 0 Å². The van der Waals surface area contributed by atoms with Gasteiger partial charge in [-0.3, -0.25) is 9.59 Å². The van der Waals surface area contributed by atoms with Gasteiger partial charge in [0.2, 0.25) is 5.91 Å². The van der Waals surface area contributed by atoms with Gasteiger partial charge >= 0.3 is 0 Å². The van der Waals surface area contributed by atoms with Gasteiger partial charge in [0.25, 0.3) is 5.91 Å². The van der Waals surface area contributed by atoms with Crippen LogP contribution in [0.2, 0.25) is 0 Å². The summed E-state index contributed by atoms with van der Waals surface area (Å²) < 4.78 is 5.29. The fourth-order valence-electron chi connectivity index (χ4n) is 1.32. The monoisotopic (exact) mass is 265 g/mol. The lowest BCUT2D eigenvalue weighted by atomic mass is 10.1. The summed E-state index contributed by atoms with van der Waals surface area (Å²) in [5, 5.41) is 2.49. The van der Waals surface area contributed by atoms with Crippen LogP contribution >= 0.6 is 0 Å². The first-order chi connectivity index (χ1) is 8.85. The molecule has 0 fully saturated rings. The van der Waals surface area contributed by atoms with E-state index in [0.717, 1.165) is 5.56 Å². The van der Waals surface area contributed by atoms with Crippen molar-refractivity contribution in [3.05, 3.63) is 29.8 Å². The van der Waals surface area contributed by atoms with Crippen LogP contribution in [0.25, 0.3) is 0 Å². The van der Waals surface area contributed by atoms with Crippen LogP contribution in [0.1, 0.15) is 19.4 Å². The maximum atomic E-state index is 11.6. The molecule has 2 amide bonds. The Morgan fingerprint density at radius 2 is 1.84 bits per heavy atom. The number of primary amides is 1. The quantitative estimate of drug-likeness (QED) is 0.667. The summed E-state index contributed by atoms with van der Waals surface area (Å²) in [6, 6.07) is 7.10. The third kappa shape index (κ3) is 4.59. The van der Waals surface area contributed by atoms with Gasteiger partial charge in [-0.15, -0.1) is 0 Å². The average Bonchev–Trinajstić information content (AvgIpc) is 2.36. The number of hydrogen-bond acceptors (Lipinski definition) is 4. The second kappa shape index (κ2) is 6.19. The van der Waals surface area contributed by atoms with Crippen molar-refractivity contribution in [3.8, 4) is 5.75 Å². The zero-order valence-corrected chi connectivity index (χ0v) is 11.1. The number of nitrogens with two attached hydrogens (primary N) is 2. The van der Waals surface area contributed by atoms with Crippen LogP contribution in [-0.4, -0.2) is 24.0 Å². The Bertz CT molecular complexity index is 455. The highest BCUT2D eigenvalue weighted by atomic mass is 16.5. The largest absolute Gasteiger partial charge is 0.484 e. The van der Waals surface area contributed by atoms with Crippen LogP contribution in [0.5, 0.6) is 5.75 Å². The fourth-order valence-corrected chi connectivity index (χ4v) is 1.32. The molecule has 6 heteroatoms. The predicted molar refractivity (Wildman–Crippen MR) is 71.2 cm³/mol. The number of rotatable bonds is 6. The molecule has 0 aliphatic rings. The van der Waals surface area contributed by atoms with E-state index in [1.807, 2.05) is 12.1 Å². The van der Waals surface area contributed by atoms with E-state index in [4.69, 9.17) is 16.2 Å². The maximum absolute atomic E-state index is 11.6. The van der Waals surface area contributed by atoms with E-state index in [1.165, 1.54) is 13.8 Å². The zero-order chi connectivity index (χ0) is 14.5. The Morgan fingerprint density at radius 1 is 1.26 bits per heavy atom. The van der Waals surface area contributed by atoms with Gasteiger partial charge < -0.3 is 21.5 Å². The number of amides is 2. The van der Waals surface area contributed by atoms with Crippen LogP contribution < -0.4 is 21.5 Å². The molecule has 1 aromatic rings. The molecule has 0 aliphatic carbocycles. The van der Waals surface area contributed by atoms with Crippen molar-refractivity contribution < 1.29 is 14.3 Å². The number of nitrogens with one attached hydrogen (secondary N) is 1. The van der Waals surface area contributed by atoms with Crippen LogP contribution in [0.4, 0.5) is 0 Å². The predicted octanol–water partition coefficient (Wildman–Crippen LogP) is -0.0958. The Hall–Kier alpha value is -2.08. The van der Waals surface area contributed by atoms with Crippen LogP contribution in [0.3, 0.4) is 0 Å². The summed E-state index contributed by atoms with van der Waals surface area (Å²) in [4.78, 5) is 22.7. The summed E-state index contributed by atoms with van der Waals surface area (Å²) in [5.41, 5.74) is 10.5. The third-order valence-electron chi connectivity index (χ3n) is 2.60. The Balaban J connectivity index is 2.48. The van der Waals surface area contributed by atoms with Gasteiger partial charge in [0.1, 0.15) is 11.3 Å². The summed E-state index contributed by atoms with van der Waals surface area (Å²) in [6.07, 6.45) is 0. The molecule has 1 rings (SSSR count). The van der Waals surface area contributed by atoms with Gasteiger partial charge in [0.05, 0.1) is 0 Å². The molecule has 0 heterocycles. The van der Waals surface area contributed by atoms with Gasteiger partial charge in [-0.05, 0) is 31.5 Å². The molecule has 104 valence electrons. The molecule has 0 saturated heterocycles. The molecular formula is C13H19N3O3. The first-order valence-electron chi connectivity index (χ1n) is 5.88. The molecule has 0 aromatic heterocycles. The lowest BCUT2D eigenvalue weighted by Gasteiger charge is -2.22. The van der Waals surface area contributed by atoms with Crippen LogP contribution in [0.15, 0.2) is 24.3 Å². The van der Waals surface area contributed by atoms with E-state index in [0.29, 0.717) is 12.3 Å². The van der Waals surface area contributed by atoms with Gasteiger partial charge in [-0.1, -0.05) is 12.1 Å². The van der Waals surface area contributed by atoms with Gasteiger partial charge in [-0.2, -0.15) is 0 Å². The second-order valence-electron chi connectivity index (χ2n) is 4.67. The first-order valence-corrected chi connectivity index (χ1v) is 5.88. The lowest BCUT2D eigenvalue weighted by Crippen LogP contribution is -2.54. The second-order valence-corrected chi connectivity index (χ2v) is 4.67. The van der Waals surface area contributed by atoms with Crippen molar-refractivity contribution in [1.82, 2.24) is 5.32 Å². The normalized spacial score (nSPS) is 10.9. The van der Waals surface area contributed by atoms with Crippen molar-refractivity contribution in [2.75, 3.05) is 6.61 Å². The van der Waals surface area contributed by atoms with Crippen molar-refractivity contribution in [1.29, 1.82) is 0 Å².